The molecule has 0 aliphatic carbocycles. The predicted octanol–water partition coefficient (Wildman–Crippen LogP) is 13.7. The fourth-order valence-corrected chi connectivity index (χ4v) is 12.3. The highest BCUT2D eigenvalue weighted by atomic mass is 35.5. The van der Waals surface area contributed by atoms with Crippen molar-refractivity contribution in [1.82, 2.24) is 59.6 Å². The van der Waals surface area contributed by atoms with Gasteiger partial charge in [0, 0.05) is 156 Å². The van der Waals surface area contributed by atoms with Crippen molar-refractivity contribution in [3.05, 3.63) is 170 Å². The number of thiocarbonyl (C=S) groups is 3. The van der Waals surface area contributed by atoms with Crippen LogP contribution >= 0.6 is 71.5 Å². The van der Waals surface area contributed by atoms with Gasteiger partial charge in [-0.05, 0) is 158 Å². The third-order valence-electron chi connectivity index (χ3n) is 16.1. The summed E-state index contributed by atoms with van der Waals surface area (Å²) < 4.78 is 5.44. The molecule has 20 nitrogen and oxygen atoms in total. The second-order valence-corrected chi connectivity index (χ2v) is 26.8. The summed E-state index contributed by atoms with van der Waals surface area (Å²) in [6.45, 7) is 11.5. The molecule has 95 heavy (non-hydrogen) atoms. The Morgan fingerprint density at radius 3 is 1.37 bits per heavy atom. The zero-order valence-corrected chi connectivity index (χ0v) is 58.7. The molecule has 3 aromatic carbocycles. The Hall–Kier alpha value is -8.07. The van der Waals surface area contributed by atoms with Gasteiger partial charge < -0.3 is 51.3 Å². The Bertz CT molecular complexity index is 4290. The normalized spacial score (nSPS) is 13.8. The van der Waals surface area contributed by atoms with Gasteiger partial charge in [0.1, 0.15) is 5.82 Å². The standard InChI is InChI=1S/C24H25ClN6OS.C23H26ClN7S.C22H23ClN6S/c1-15-20(10-16(13-26-15)4-5-31-6-8-32-9-7-31)29-24-27-14-17-11-22(33)28-21-12-18(25)2-3-19(21)23(17)30-24;1-30(2)9-4-10-31(3)20-8-6-17(14-25-20)27-23-26-13-15-11-21(32)28-19-12-16(24)5-7-18(19)22(15)29-23;1-13-18(8-14(11-24-13)6-7-29(2)3)27-22-25-12-15-9-20(30)26-19-10-16(23)4-5-17(19)21(15)28-22/h2-3,10,12-14H,4-9,11H2,1H3,(H,28,33)(H,27,29,30);5-8,12-14H,4,9-11H2,1-3H3,(H,28,32)(H,26,27,29);4-5,8,10-12H,6-7,9H2,1-3H3,(H,26,30)(H,25,27,28). The summed E-state index contributed by atoms with van der Waals surface area (Å²) in [4.78, 5) is 52.8. The quantitative estimate of drug-likeness (QED) is 0.0468. The highest BCUT2D eigenvalue weighted by Gasteiger charge is 2.24. The number of anilines is 10. The Balaban J connectivity index is 0.000000145. The zero-order valence-electron chi connectivity index (χ0n) is 53.9. The van der Waals surface area contributed by atoms with Gasteiger partial charge in [0.2, 0.25) is 17.8 Å². The van der Waals surface area contributed by atoms with Crippen LogP contribution in [0.5, 0.6) is 0 Å². The number of nitrogens with one attached hydrogen (secondary N) is 6. The third-order valence-corrected chi connectivity index (χ3v) is 17.6. The van der Waals surface area contributed by atoms with E-state index in [0.29, 0.717) is 57.2 Å². The van der Waals surface area contributed by atoms with E-state index in [2.05, 4.69) is 129 Å². The number of hydrogen-bond acceptors (Lipinski definition) is 20. The molecule has 0 amide bonds. The minimum atomic E-state index is 0.506. The van der Waals surface area contributed by atoms with E-state index in [1.165, 1.54) is 11.1 Å². The number of benzene rings is 3. The van der Waals surface area contributed by atoms with Gasteiger partial charge in [-0.2, -0.15) is 0 Å². The first-order valence-corrected chi connectivity index (χ1v) is 33.5. The molecule has 0 unspecified atom stereocenters. The van der Waals surface area contributed by atoms with Crippen LogP contribution in [0.2, 0.25) is 15.1 Å². The number of aryl methyl sites for hydroxylation is 2. The van der Waals surface area contributed by atoms with Crippen molar-refractivity contribution in [3.8, 4) is 33.8 Å². The van der Waals surface area contributed by atoms with Crippen molar-refractivity contribution < 1.29 is 4.74 Å². The van der Waals surface area contributed by atoms with Gasteiger partial charge >= 0.3 is 0 Å². The summed E-state index contributed by atoms with van der Waals surface area (Å²) in [5, 5.41) is 21.7. The largest absolute Gasteiger partial charge is 0.379 e. The van der Waals surface area contributed by atoms with E-state index < -0.39 is 0 Å². The molecule has 26 heteroatoms. The van der Waals surface area contributed by atoms with Crippen LogP contribution in [0.1, 0.15) is 45.6 Å². The Kier molecular flexibility index (Phi) is 22.8. The second kappa shape index (κ2) is 31.7. The molecule has 0 radical (unpaired) electrons. The fraction of sp³-hybridized carbons (Fsp3) is 0.304. The van der Waals surface area contributed by atoms with Gasteiger partial charge in [-0.1, -0.05) is 71.5 Å². The molecule has 490 valence electrons. The van der Waals surface area contributed by atoms with Gasteiger partial charge in [0.15, 0.2) is 0 Å². The molecule has 0 spiro atoms. The van der Waals surface area contributed by atoms with Crippen LogP contribution in [0.4, 0.5) is 57.8 Å². The summed E-state index contributed by atoms with van der Waals surface area (Å²) in [7, 11) is 10.4. The van der Waals surface area contributed by atoms with Crippen molar-refractivity contribution in [1.29, 1.82) is 0 Å². The van der Waals surface area contributed by atoms with Crippen molar-refractivity contribution in [3.63, 3.8) is 0 Å². The molecular formula is C69H74Cl3N19OS3. The van der Waals surface area contributed by atoms with Crippen LogP contribution in [0.25, 0.3) is 33.8 Å². The van der Waals surface area contributed by atoms with E-state index in [9.17, 15) is 0 Å². The van der Waals surface area contributed by atoms with Crippen LogP contribution in [0, 0.1) is 13.8 Å². The Morgan fingerprint density at radius 1 is 0.495 bits per heavy atom. The van der Waals surface area contributed by atoms with E-state index >= 15 is 0 Å². The summed E-state index contributed by atoms with van der Waals surface area (Å²) in [5.74, 6) is 2.49. The average molecular weight is 1390 g/mol. The summed E-state index contributed by atoms with van der Waals surface area (Å²) in [6.07, 6.45) is 15.9. The minimum absolute atomic E-state index is 0.506. The SMILES string of the molecule is CN(C)CCCN(C)c1ccc(Nc2ncc3c(n2)-c2ccc(Cl)cc2NC(=S)C3)cn1.Cc1ncc(CCN(C)C)cc1Nc1ncc2c(n1)-c1ccc(Cl)cc1NC(=S)C2.Cc1ncc(CCN2CCOCC2)cc1Nc1ncc2c(n1)-c1ccc(Cl)cc1NC(=S)C2. The first kappa shape index (κ1) is 68.3. The number of pyridine rings is 3. The van der Waals surface area contributed by atoms with Crippen LogP contribution < -0.4 is 36.8 Å². The molecule has 1 saturated heterocycles. The average Bonchev–Trinajstić information content (AvgIpc) is 1.76. The number of nitrogens with zero attached hydrogens (tertiary/aromatic N) is 13. The number of ether oxygens (including phenoxy) is 1. The highest BCUT2D eigenvalue weighted by molar-refractivity contribution is 7.81. The molecule has 9 aromatic rings. The zero-order chi connectivity index (χ0) is 66.7. The van der Waals surface area contributed by atoms with E-state index in [1.807, 2.05) is 112 Å². The topological polar surface area (TPSA) is 210 Å². The highest BCUT2D eigenvalue weighted by Crippen LogP contribution is 2.39. The van der Waals surface area contributed by atoms with E-state index in [0.717, 1.165) is 184 Å². The van der Waals surface area contributed by atoms with E-state index in [-0.39, 0.29) is 0 Å². The Morgan fingerprint density at radius 2 is 0.937 bits per heavy atom. The molecule has 6 aromatic heterocycles. The lowest BCUT2D eigenvalue weighted by Crippen LogP contribution is -2.37. The van der Waals surface area contributed by atoms with Crippen molar-refractivity contribution in [2.75, 3.05) is 125 Å². The Labute approximate surface area is 585 Å². The maximum absolute atomic E-state index is 6.21. The minimum Gasteiger partial charge on any atom is -0.379 e. The molecule has 1 fully saturated rings. The molecule has 4 aliphatic heterocycles. The van der Waals surface area contributed by atoms with Gasteiger partial charge in [0.25, 0.3) is 0 Å². The second-order valence-electron chi connectivity index (χ2n) is 24.0. The maximum atomic E-state index is 6.21. The summed E-state index contributed by atoms with van der Waals surface area (Å²) >= 11 is 35.0. The first-order chi connectivity index (χ1) is 45.8. The van der Waals surface area contributed by atoms with Gasteiger partial charge in [0.05, 0.1) is 79.9 Å². The summed E-state index contributed by atoms with van der Waals surface area (Å²) in [5.41, 5.74) is 17.7. The number of halogens is 3. The van der Waals surface area contributed by atoms with Crippen LogP contribution in [-0.2, 0) is 36.8 Å². The molecule has 0 atom stereocenters. The lowest BCUT2D eigenvalue weighted by atomic mass is 10.1. The molecule has 6 N–H and O–H groups in total. The molecule has 0 saturated carbocycles. The predicted molar refractivity (Wildman–Crippen MR) is 399 cm³/mol. The van der Waals surface area contributed by atoms with Crippen molar-refractivity contribution in [2.24, 2.45) is 0 Å². The molecule has 10 heterocycles. The van der Waals surface area contributed by atoms with E-state index in [4.69, 9.17) is 91.1 Å². The number of aromatic nitrogens is 9. The lowest BCUT2D eigenvalue weighted by Gasteiger charge is -2.26. The number of hydrogen-bond donors (Lipinski definition) is 6. The third kappa shape index (κ3) is 18.3. The number of likely N-dealkylation sites (N-methyl/N-ethyl adjacent to an activating group) is 1. The van der Waals surface area contributed by atoms with Gasteiger partial charge in [-0.25, -0.2) is 34.9 Å². The fourth-order valence-electron chi connectivity index (χ4n) is 11.0. The smallest absolute Gasteiger partial charge is 0.227 e. The van der Waals surface area contributed by atoms with Crippen molar-refractivity contribution in [2.45, 2.75) is 52.4 Å². The lowest BCUT2D eigenvalue weighted by molar-refractivity contribution is 0.0384. The molecule has 0 bridgehead atoms. The molecule has 4 aliphatic rings. The van der Waals surface area contributed by atoms with Crippen LogP contribution in [-0.4, -0.2) is 162 Å². The maximum Gasteiger partial charge on any atom is 0.227 e. The number of fused-ring (bicyclic) bond motifs is 9. The van der Waals surface area contributed by atoms with Crippen molar-refractivity contribution >= 4 is 144 Å². The molecular weight excluding hydrogens is 1310 g/mol. The van der Waals surface area contributed by atoms with Crippen LogP contribution in [0.3, 0.4) is 0 Å². The molecule has 13 rings (SSSR count). The number of morpholine rings is 1. The number of rotatable bonds is 17. The summed E-state index contributed by atoms with van der Waals surface area (Å²) in [6, 6.07) is 25.3. The van der Waals surface area contributed by atoms with Gasteiger partial charge in [-0.15, -0.1) is 0 Å². The van der Waals surface area contributed by atoms with Gasteiger partial charge in [-0.3, -0.25) is 14.9 Å². The first-order valence-electron chi connectivity index (χ1n) is 31.2. The van der Waals surface area contributed by atoms with Crippen LogP contribution in [0.15, 0.2) is 116 Å². The van der Waals surface area contributed by atoms with E-state index in [1.54, 1.807) is 6.20 Å². The monoisotopic (exact) mass is 1390 g/mol.